The summed E-state index contributed by atoms with van der Waals surface area (Å²) in [6.45, 7) is 0.804. The Bertz CT molecular complexity index is 436. The van der Waals surface area contributed by atoms with Gasteiger partial charge in [-0.2, -0.15) is 8.78 Å². The minimum Gasteiger partial charge on any atom is -0.462 e. The molecule has 0 unspecified atom stereocenters. The highest BCUT2D eigenvalue weighted by molar-refractivity contribution is 5.77. The first-order valence-electron chi connectivity index (χ1n) is 6.38. The number of rotatable bonds is 6. The van der Waals surface area contributed by atoms with Crippen molar-refractivity contribution >= 4 is 5.97 Å². The van der Waals surface area contributed by atoms with Gasteiger partial charge in [0.1, 0.15) is 0 Å². The Morgan fingerprint density at radius 1 is 1.42 bits per heavy atom. The molecule has 2 atom stereocenters. The van der Waals surface area contributed by atoms with Gasteiger partial charge >= 0.3 is 11.9 Å². The van der Waals surface area contributed by atoms with Gasteiger partial charge < -0.3 is 10.1 Å². The lowest BCUT2D eigenvalue weighted by Gasteiger charge is -2.15. The molecule has 1 saturated carbocycles. The van der Waals surface area contributed by atoms with E-state index in [1.165, 1.54) is 6.92 Å². The van der Waals surface area contributed by atoms with E-state index in [1.807, 2.05) is 30.3 Å². The van der Waals surface area contributed by atoms with E-state index in [2.05, 4.69) is 10.1 Å². The van der Waals surface area contributed by atoms with Crippen LogP contribution in [-0.4, -0.2) is 31.1 Å². The van der Waals surface area contributed by atoms with Crippen LogP contribution in [0, 0.1) is 0 Å². The van der Waals surface area contributed by atoms with Gasteiger partial charge in [0, 0.05) is 12.0 Å². The quantitative estimate of drug-likeness (QED) is 0.805. The fraction of sp³-hybridized carbons (Fsp3) is 0.500. The zero-order valence-electron chi connectivity index (χ0n) is 10.7. The second-order valence-electron chi connectivity index (χ2n) is 4.67. The SMILES string of the molecule is CCOC(=O)C(F)(F)CN[C@@H]1C[C@H]1c1ccccc1. The predicted molar refractivity (Wildman–Crippen MR) is 67.2 cm³/mol. The Kier molecular flexibility index (Phi) is 4.14. The van der Waals surface area contributed by atoms with Crippen molar-refractivity contribution in [2.24, 2.45) is 0 Å². The number of carbonyl (C=O) groups excluding carboxylic acids is 1. The van der Waals surface area contributed by atoms with Crippen LogP contribution in [0.2, 0.25) is 0 Å². The van der Waals surface area contributed by atoms with Crippen LogP contribution >= 0.6 is 0 Å². The highest BCUT2D eigenvalue weighted by Gasteiger charge is 2.44. The largest absolute Gasteiger partial charge is 0.462 e. The van der Waals surface area contributed by atoms with Crippen molar-refractivity contribution in [2.45, 2.75) is 31.2 Å². The van der Waals surface area contributed by atoms with Gasteiger partial charge in [-0.05, 0) is 18.9 Å². The fourth-order valence-electron chi connectivity index (χ4n) is 2.06. The topological polar surface area (TPSA) is 38.3 Å². The lowest BCUT2D eigenvalue weighted by molar-refractivity contribution is -0.170. The zero-order valence-corrected chi connectivity index (χ0v) is 10.7. The van der Waals surface area contributed by atoms with Crippen LogP contribution in [0.1, 0.15) is 24.8 Å². The molecule has 2 rings (SSSR count). The van der Waals surface area contributed by atoms with Gasteiger partial charge in [0.25, 0.3) is 0 Å². The number of carbonyl (C=O) groups is 1. The third kappa shape index (κ3) is 3.50. The normalized spacial score (nSPS) is 22.1. The van der Waals surface area contributed by atoms with Crippen molar-refractivity contribution in [2.75, 3.05) is 13.2 Å². The van der Waals surface area contributed by atoms with Gasteiger partial charge in [-0.3, -0.25) is 0 Å². The Balaban J connectivity index is 1.80. The zero-order chi connectivity index (χ0) is 13.9. The van der Waals surface area contributed by atoms with Crippen LogP contribution in [0.5, 0.6) is 0 Å². The molecule has 0 saturated heterocycles. The van der Waals surface area contributed by atoms with E-state index in [9.17, 15) is 13.6 Å². The molecule has 0 aromatic heterocycles. The molecule has 0 aliphatic heterocycles. The van der Waals surface area contributed by atoms with Gasteiger partial charge in [0.2, 0.25) is 0 Å². The maximum Gasteiger partial charge on any atom is 0.378 e. The van der Waals surface area contributed by atoms with Gasteiger partial charge in [-0.1, -0.05) is 30.3 Å². The number of alkyl halides is 2. The van der Waals surface area contributed by atoms with E-state index in [0.29, 0.717) is 0 Å². The first kappa shape index (κ1) is 13.9. The molecule has 0 radical (unpaired) electrons. The molecular formula is C14H17F2NO2. The molecule has 0 amide bonds. The summed E-state index contributed by atoms with van der Waals surface area (Å²) in [6.07, 6.45) is 0.822. The van der Waals surface area contributed by atoms with Crippen LogP contribution in [-0.2, 0) is 9.53 Å². The Hall–Kier alpha value is -1.49. The summed E-state index contributed by atoms with van der Waals surface area (Å²) in [5.74, 6) is -4.65. The summed E-state index contributed by atoms with van der Waals surface area (Å²) in [6, 6.07) is 9.76. The molecule has 0 bridgehead atoms. The lowest BCUT2D eigenvalue weighted by Crippen LogP contribution is -2.42. The van der Waals surface area contributed by atoms with Gasteiger partial charge in [-0.15, -0.1) is 0 Å². The number of esters is 1. The highest BCUT2D eigenvalue weighted by Crippen LogP contribution is 2.40. The molecule has 1 fully saturated rings. The van der Waals surface area contributed by atoms with Gasteiger partial charge in [0.05, 0.1) is 13.2 Å². The number of hydrogen-bond acceptors (Lipinski definition) is 3. The Labute approximate surface area is 111 Å². The van der Waals surface area contributed by atoms with Crippen LogP contribution in [0.4, 0.5) is 8.78 Å². The van der Waals surface area contributed by atoms with Gasteiger partial charge in [-0.25, -0.2) is 4.79 Å². The van der Waals surface area contributed by atoms with Crippen molar-refractivity contribution in [3.05, 3.63) is 35.9 Å². The monoisotopic (exact) mass is 269 g/mol. The van der Waals surface area contributed by atoms with E-state index in [4.69, 9.17) is 0 Å². The average molecular weight is 269 g/mol. The molecule has 1 N–H and O–H groups in total. The molecule has 3 nitrogen and oxygen atoms in total. The van der Waals surface area contributed by atoms with Crippen molar-refractivity contribution in [1.82, 2.24) is 5.32 Å². The third-order valence-corrected chi connectivity index (χ3v) is 3.18. The number of hydrogen-bond donors (Lipinski definition) is 1. The molecule has 5 heteroatoms. The van der Waals surface area contributed by atoms with Gasteiger partial charge in [0.15, 0.2) is 0 Å². The first-order chi connectivity index (χ1) is 9.04. The second kappa shape index (κ2) is 5.65. The van der Waals surface area contributed by atoms with Crippen molar-refractivity contribution in [3.63, 3.8) is 0 Å². The van der Waals surface area contributed by atoms with E-state index >= 15 is 0 Å². The van der Waals surface area contributed by atoms with Crippen molar-refractivity contribution in [1.29, 1.82) is 0 Å². The molecule has 1 aromatic rings. The molecule has 1 aromatic carbocycles. The maximum absolute atomic E-state index is 13.4. The first-order valence-corrected chi connectivity index (χ1v) is 6.38. The average Bonchev–Trinajstić information content (AvgIpc) is 3.17. The number of halogens is 2. The third-order valence-electron chi connectivity index (χ3n) is 3.18. The lowest BCUT2D eigenvalue weighted by atomic mass is 10.1. The summed E-state index contributed by atoms with van der Waals surface area (Å²) in [5.41, 5.74) is 1.14. The Morgan fingerprint density at radius 3 is 2.74 bits per heavy atom. The summed E-state index contributed by atoms with van der Waals surface area (Å²) in [4.78, 5) is 11.0. The van der Waals surface area contributed by atoms with Crippen molar-refractivity contribution in [3.8, 4) is 0 Å². The molecular weight excluding hydrogens is 252 g/mol. The van der Waals surface area contributed by atoms with E-state index < -0.39 is 18.4 Å². The summed E-state index contributed by atoms with van der Waals surface area (Å²) >= 11 is 0. The van der Waals surface area contributed by atoms with Crippen LogP contribution in [0.15, 0.2) is 30.3 Å². The van der Waals surface area contributed by atoms with Crippen molar-refractivity contribution < 1.29 is 18.3 Å². The van der Waals surface area contributed by atoms with Crippen LogP contribution < -0.4 is 5.32 Å². The summed E-state index contributed by atoms with van der Waals surface area (Å²) in [5, 5.41) is 2.73. The smallest absolute Gasteiger partial charge is 0.378 e. The molecule has 104 valence electrons. The van der Waals surface area contributed by atoms with E-state index in [1.54, 1.807) is 0 Å². The molecule has 0 heterocycles. The number of nitrogens with one attached hydrogen (secondary N) is 1. The van der Waals surface area contributed by atoms with E-state index in [0.717, 1.165) is 12.0 Å². The number of benzene rings is 1. The molecule has 0 spiro atoms. The molecule has 1 aliphatic rings. The molecule has 1 aliphatic carbocycles. The predicted octanol–water partition coefficient (Wildman–Crippen LogP) is 2.33. The van der Waals surface area contributed by atoms with Crippen LogP contribution in [0.3, 0.4) is 0 Å². The summed E-state index contributed by atoms with van der Waals surface area (Å²) < 4.78 is 31.1. The summed E-state index contributed by atoms with van der Waals surface area (Å²) in [7, 11) is 0. The van der Waals surface area contributed by atoms with Crippen LogP contribution in [0.25, 0.3) is 0 Å². The standard InChI is InChI=1S/C14H17F2NO2/c1-2-19-13(18)14(15,16)9-17-12-8-11(12)10-6-4-3-5-7-10/h3-7,11-12,17H,2,8-9H2,1H3/t11-,12+/m0/s1. The second-order valence-corrected chi connectivity index (χ2v) is 4.67. The highest BCUT2D eigenvalue weighted by atomic mass is 19.3. The fourth-order valence-corrected chi connectivity index (χ4v) is 2.06. The van der Waals surface area contributed by atoms with E-state index in [-0.39, 0.29) is 18.6 Å². The minimum atomic E-state index is -3.46. The number of ether oxygens (including phenoxy) is 1. The maximum atomic E-state index is 13.4. The molecule has 19 heavy (non-hydrogen) atoms. The Morgan fingerprint density at radius 2 is 2.11 bits per heavy atom. The minimum absolute atomic E-state index is 0.0164.